The molecule has 0 N–H and O–H groups in total. The van der Waals surface area contributed by atoms with E-state index in [1.807, 2.05) is 0 Å². The van der Waals surface area contributed by atoms with Gasteiger partial charge in [0.05, 0.1) is 0 Å². The first kappa shape index (κ1) is 14.4. The lowest BCUT2D eigenvalue weighted by atomic mass is 10.00. The van der Waals surface area contributed by atoms with Crippen molar-refractivity contribution in [1.82, 2.24) is 0 Å². The van der Waals surface area contributed by atoms with Crippen molar-refractivity contribution >= 4 is 30.8 Å². The topological polar surface area (TPSA) is 0 Å². The number of benzene rings is 2. The van der Waals surface area contributed by atoms with Gasteiger partial charge in [-0.05, 0) is 49.9 Å². The fourth-order valence-corrected chi connectivity index (χ4v) is 6.26. The highest BCUT2D eigenvalue weighted by atomic mass is 35.5. The molecule has 0 aromatic heterocycles. The van der Waals surface area contributed by atoms with Crippen LogP contribution in [0.3, 0.4) is 0 Å². The first-order valence-electron chi connectivity index (χ1n) is 6.74. The summed E-state index contributed by atoms with van der Waals surface area (Å²) in [6.45, 7) is 8.88. The van der Waals surface area contributed by atoms with Crippen molar-refractivity contribution in [3.05, 3.63) is 58.7 Å². The molecular weight excluding hydrogens is 268 g/mol. The molecule has 0 saturated heterocycles. The molecule has 0 spiro atoms. The number of rotatable bonds is 3. The molecule has 2 aromatic rings. The fourth-order valence-electron chi connectivity index (χ4n) is 2.64. The Hall–Kier alpha value is -1.05. The zero-order chi connectivity index (χ0) is 14.0. The molecule has 2 aromatic carbocycles. The summed E-state index contributed by atoms with van der Waals surface area (Å²) in [6.07, 6.45) is 0. The Morgan fingerprint density at radius 2 is 1.53 bits per heavy atom. The van der Waals surface area contributed by atoms with E-state index < -0.39 is 8.80 Å². The SMILES string of the molecule is Cc1cc([SiH](CCl)c2ccccc2)c(C)c(C)c1C. The molecule has 2 heteroatoms. The van der Waals surface area contributed by atoms with Crippen LogP contribution in [0.15, 0.2) is 36.4 Å². The average molecular weight is 289 g/mol. The molecule has 1 unspecified atom stereocenters. The molecule has 0 aliphatic rings. The van der Waals surface area contributed by atoms with Crippen molar-refractivity contribution in [2.75, 3.05) is 5.50 Å². The van der Waals surface area contributed by atoms with Crippen LogP contribution >= 0.6 is 11.6 Å². The minimum atomic E-state index is -1.28. The highest BCUT2D eigenvalue weighted by Gasteiger charge is 2.19. The van der Waals surface area contributed by atoms with Crippen LogP contribution in [0.5, 0.6) is 0 Å². The van der Waals surface area contributed by atoms with Crippen LogP contribution in [-0.2, 0) is 0 Å². The van der Waals surface area contributed by atoms with Gasteiger partial charge in [0, 0.05) is 5.50 Å². The lowest BCUT2D eigenvalue weighted by Gasteiger charge is -2.20. The third-order valence-electron chi connectivity index (χ3n) is 4.25. The Labute approximate surface area is 123 Å². The van der Waals surface area contributed by atoms with E-state index in [9.17, 15) is 0 Å². The third kappa shape index (κ3) is 2.77. The monoisotopic (exact) mass is 288 g/mol. The molecule has 100 valence electrons. The number of aryl methyl sites for hydroxylation is 1. The van der Waals surface area contributed by atoms with E-state index >= 15 is 0 Å². The predicted octanol–water partition coefficient (Wildman–Crippen LogP) is 3.04. The summed E-state index contributed by atoms with van der Waals surface area (Å²) < 4.78 is 0. The lowest BCUT2D eigenvalue weighted by molar-refractivity contribution is 1.23. The van der Waals surface area contributed by atoms with Gasteiger partial charge in [0.1, 0.15) is 8.80 Å². The molecule has 0 heterocycles. The molecule has 0 fully saturated rings. The van der Waals surface area contributed by atoms with Gasteiger partial charge in [0.15, 0.2) is 0 Å². The van der Waals surface area contributed by atoms with Gasteiger partial charge in [0.2, 0.25) is 0 Å². The molecule has 19 heavy (non-hydrogen) atoms. The second kappa shape index (κ2) is 5.94. The van der Waals surface area contributed by atoms with Crippen LogP contribution in [0, 0.1) is 27.7 Å². The van der Waals surface area contributed by atoms with Gasteiger partial charge in [-0.1, -0.05) is 46.8 Å². The molecular formula is C17H21ClSi. The highest BCUT2D eigenvalue weighted by Crippen LogP contribution is 2.15. The molecule has 0 aliphatic heterocycles. The van der Waals surface area contributed by atoms with Crippen molar-refractivity contribution in [3.63, 3.8) is 0 Å². The van der Waals surface area contributed by atoms with Gasteiger partial charge < -0.3 is 0 Å². The van der Waals surface area contributed by atoms with Crippen LogP contribution in [0.25, 0.3) is 0 Å². The lowest BCUT2D eigenvalue weighted by Crippen LogP contribution is -2.46. The van der Waals surface area contributed by atoms with Crippen molar-refractivity contribution in [2.45, 2.75) is 27.7 Å². The number of halogens is 1. The zero-order valence-corrected chi connectivity index (χ0v) is 14.0. The first-order chi connectivity index (χ1) is 9.06. The summed E-state index contributed by atoms with van der Waals surface area (Å²) in [5.41, 5.74) is 6.42. The van der Waals surface area contributed by atoms with Gasteiger partial charge in [0.25, 0.3) is 0 Å². The maximum atomic E-state index is 6.31. The highest BCUT2D eigenvalue weighted by molar-refractivity contribution is 6.89. The normalized spacial score (nSPS) is 12.5. The quantitative estimate of drug-likeness (QED) is 0.602. The van der Waals surface area contributed by atoms with Gasteiger partial charge in [-0.15, -0.1) is 11.6 Å². The van der Waals surface area contributed by atoms with Crippen molar-refractivity contribution in [1.29, 1.82) is 0 Å². The van der Waals surface area contributed by atoms with E-state index in [1.54, 1.807) is 0 Å². The van der Waals surface area contributed by atoms with Crippen molar-refractivity contribution < 1.29 is 0 Å². The molecule has 0 amide bonds. The zero-order valence-electron chi connectivity index (χ0n) is 12.1. The Kier molecular flexibility index (Phi) is 4.49. The minimum Gasteiger partial charge on any atom is -0.130 e. The summed E-state index contributed by atoms with van der Waals surface area (Å²) in [5.74, 6) is 0. The molecule has 0 saturated carbocycles. The van der Waals surface area contributed by atoms with Gasteiger partial charge in [-0.2, -0.15) is 0 Å². The van der Waals surface area contributed by atoms with Crippen molar-refractivity contribution in [3.8, 4) is 0 Å². The Bertz CT molecular complexity index is 576. The second-order valence-electron chi connectivity index (χ2n) is 5.28. The minimum absolute atomic E-state index is 0.757. The van der Waals surface area contributed by atoms with Crippen LogP contribution in [0.4, 0.5) is 0 Å². The van der Waals surface area contributed by atoms with Crippen molar-refractivity contribution in [2.24, 2.45) is 0 Å². The predicted molar refractivity (Wildman–Crippen MR) is 89.0 cm³/mol. The maximum Gasteiger partial charge on any atom is 0.118 e. The van der Waals surface area contributed by atoms with E-state index in [1.165, 1.54) is 32.6 Å². The van der Waals surface area contributed by atoms with Crippen LogP contribution < -0.4 is 10.4 Å². The molecule has 0 radical (unpaired) electrons. The third-order valence-corrected chi connectivity index (χ3v) is 8.03. The second-order valence-corrected chi connectivity index (χ2v) is 8.90. The summed E-state index contributed by atoms with van der Waals surface area (Å²) in [7, 11) is -1.28. The summed E-state index contributed by atoms with van der Waals surface area (Å²) >= 11 is 6.31. The van der Waals surface area contributed by atoms with Crippen LogP contribution in [-0.4, -0.2) is 14.3 Å². The maximum absolute atomic E-state index is 6.31. The van der Waals surface area contributed by atoms with Crippen LogP contribution in [0.1, 0.15) is 22.3 Å². The van der Waals surface area contributed by atoms with Gasteiger partial charge in [-0.3, -0.25) is 0 Å². The molecule has 0 nitrogen and oxygen atoms in total. The number of hydrogen-bond acceptors (Lipinski definition) is 0. The summed E-state index contributed by atoms with van der Waals surface area (Å²) in [4.78, 5) is 0. The standard InChI is InChI=1S/C17H21ClSi/c1-12-10-17(15(4)14(3)13(12)2)19(11-18)16-8-6-5-7-9-16/h5-10,19H,11H2,1-4H3. The molecule has 0 bridgehead atoms. The van der Waals surface area contributed by atoms with Crippen LogP contribution in [0.2, 0.25) is 0 Å². The Balaban J connectivity index is 2.57. The average Bonchev–Trinajstić information content (AvgIpc) is 2.44. The Morgan fingerprint density at radius 1 is 0.895 bits per heavy atom. The van der Waals surface area contributed by atoms with E-state index in [0.29, 0.717) is 0 Å². The van der Waals surface area contributed by atoms with E-state index in [0.717, 1.165) is 5.50 Å². The van der Waals surface area contributed by atoms with Gasteiger partial charge >= 0.3 is 0 Å². The molecule has 2 rings (SSSR count). The summed E-state index contributed by atoms with van der Waals surface area (Å²) in [5, 5.41) is 2.94. The summed E-state index contributed by atoms with van der Waals surface area (Å²) in [6, 6.07) is 13.1. The van der Waals surface area contributed by atoms with E-state index in [4.69, 9.17) is 11.6 Å². The molecule has 0 aliphatic carbocycles. The van der Waals surface area contributed by atoms with Gasteiger partial charge in [-0.25, -0.2) is 0 Å². The Morgan fingerprint density at radius 3 is 2.11 bits per heavy atom. The molecule has 1 atom stereocenters. The number of alkyl halides is 1. The largest absolute Gasteiger partial charge is 0.130 e. The van der Waals surface area contributed by atoms with E-state index in [-0.39, 0.29) is 0 Å². The van der Waals surface area contributed by atoms with E-state index in [2.05, 4.69) is 64.1 Å². The smallest absolute Gasteiger partial charge is 0.118 e. The fraction of sp³-hybridized carbons (Fsp3) is 0.294. The number of hydrogen-bond donors (Lipinski definition) is 0. The first-order valence-corrected chi connectivity index (χ1v) is 9.25.